The summed E-state index contributed by atoms with van der Waals surface area (Å²) in [5.41, 5.74) is 3.68. The van der Waals surface area contributed by atoms with E-state index in [1.807, 2.05) is 35.2 Å². The molecular formula is C24H25NO3. The van der Waals surface area contributed by atoms with Crippen LogP contribution in [0.2, 0.25) is 0 Å². The van der Waals surface area contributed by atoms with E-state index in [1.165, 1.54) is 24.0 Å². The van der Waals surface area contributed by atoms with Crippen molar-refractivity contribution in [3.63, 3.8) is 0 Å². The van der Waals surface area contributed by atoms with Crippen LogP contribution in [0.1, 0.15) is 63.9 Å². The first-order valence-corrected chi connectivity index (χ1v) is 10.4. The zero-order valence-electron chi connectivity index (χ0n) is 16.1. The van der Waals surface area contributed by atoms with Gasteiger partial charge in [-0.2, -0.15) is 0 Å². The minimum absolute atomic E-state index is 0.0621. The maximum absolute atomic E-state index is 12.9. The van der Waals surface area contributed by atoms with Crippen molar-refractivity contribution in [2.45, 2.75) is 50.5 Å². The van der Waals surface area contributed by atoms with Crippen LogP contribution in [0.25, 0.3) is 0 Å². The molecule has 2 heterocycles. The average molecular weight is 375 g/mol. The second-order valence-corrected chi connectivity index (χ2v) is 8.37. The predicted molar refractivity (Wildman–Crippen MR) is 107 cm³/mol. The molecule has 1 amide bonds. The summed E-state index contributed by atoms with van der Waals surface area (Å²) in [6.45, 7) is 1.25. The minimum atomic E-state index is -0.458. The van der Waals surface area contributed by atoms with Gasteiger partial charge >= 0.3 is 0 Å². The highest BCUT2D eigenvalue weighted by molar-refractivity contribution is 6.01. The Morgan fingerprint density at radius 3 is 2.36 bits per heavy atom. The Hall–Kier alpha value is -2.62. The van der Waals surface area contributed by atoms with E-state index in [0.29, 0.717) is 32.4 Å². The second-order valence-electron chi connectivity index (χ2n) is 8.37. The fraction of sp³-hybridized carbons (Fsp3) is 0.417. The maximum Gasteiger partial charge on any atom is 0.253 e. The van der Waals surface area contributed by atoms with Crippen molar-refractivity contribution in [3.8, 4) is 5.75 Å². The van der Waals surface area contributed by atoms with Gasteiger partial charge in [0.2, 0.25) is 0 Å². The van der Waals surface area contributed by atoms with E-state index in [4.69, 9.17) is 4.74 Å². The van der Waals surface area contributed by atoms with Crippen LogP contribution in [0, 0.1) is 0 Å². The van der Waals surface area contributed by atoms with Gasteiger partial charge in [-0.05, 0) is 61.1 Å². The number of nitrogens with zero attached hydrogens (tertiary/aromatic N) is 1. The molecule has 1 spiro atoms. The number of ether oxygens (including phenoxy) is 1. The zero-order valence-corrected chi connectivity index (χ0v) is 16.1. The monoisotopic (exact) mass is 375 g/mol. The molecule has 4 heteroatoms. The van der Waals surface area contributed by atoms with E-state index in [1.54, 1.807) is 0 Å². The highest BCUT2D eigenvalue weighted by Gasteiger charge is 2.44. The number of benzene rings is 2. The maximum atomic E-state index is 12.9. The lowest BCUT2D eigenvalue weighted by molar-refractivity contribution is -0.00578. The highest BCUT2D eigenvalue weighted by Crippen LogP contribution is 2.41. The Kier molecular flexibility index (Phi) is 4.22. The molecule has 0 atom stereocenters. The van der Waals surface area contributed by atoms with Gasteiger partial charge in [-0.3, -0.25) is 9.59 Å². The van der Waals surface area contributed by atoms with E-state index >= 15 is 0 Å². The number of rotatable bonds is 1. The number of carbonyl (C=O) groups excluding carboxylic acids is 2. The van der Waals surface area contributed by atoms with Gasteiger partial charge in [0.1, 0.15) is 11.4 Å². The third-order valence-electron chi connectivity index (χ3n) is 6.54. The quantitative estimate of drug-likeness (QED) is 0.750. The van der Waals surface area contributed by atoms with Crippen LogP contribution in [-0.4, -0.2) is 35.3 Å². The minimum Gasteiger partial charge on any atom is -0.486 e. The standard InChI is InChI=1S/C24H25NO3/c26-21-16-24(28-22-15-19-9-5-4-8-18(19)14-20(21)22)10-12-25(13-11-24)23(27)17-6-2-1-3-7-17/h1-3,6-7,14-15H,4-5,8-13,16H2. The first-order valence-electron chi connectivity index (χ1n) is 10.4. The second kappa shape index (κ2) is 6.77. The van der Waals surface area contributed by atoms with Gasteiger partial charge < -0.3 is 9.64 Å². The summed E-state index contributed by atoms with van der Waals surface area (Å²) < 4.78 is 6.47. The van der Waals surface area contributed by atoms with Crippen molar-refractivity contribution in [2.24, 2.45) is 0 Å². The smallest absolute Gasteiger partial charge is 0.253 e. The van der Waals surface area contributed by atoms with Crippen LogP contribution < -0.4 is 4.74 Å². The fourth-order valence-corrected chi connectivity index (χ4v) is 4.88. The van der Waals surface area contributed by atoms with Gasteiger partial charge in [-0.1, -0.05) is 18.2 Å². The van der Waals surface area contributed by atoms with Crippen molar-refractivity contribution < 1.29 is 14.3 Å². The van der Waals surface area contributed by atoms with Crippen LogP contribution in [0.5, 0.6) is 5.75 Å². The molecule has 0 bridgehead atoms. The van der Waals surface area contributed by atoms with Crippen LogP contribution in [0.15, 0.2) is 42.5 Å². The Labute approximate surface area is 165 Å². The van der Waals surface area contributed by atoms with Crippen LogP contribution >= 0.6 is 0 Å². The van der Waals surface area contributed by atoms with Crippen LogP contribution in [0.4, 0.5) is 0 Å². The fourth-order valence-electron chi connectivity index (χ4n) is 4.88. The molecule has 0 aromatic heterocycles. The number of fused-ring (bicyclic) bond motifs is 2. The lowest BCUT2D eigenvalue weighted by Crippen LogP contribution is -2.52. The lowest BCUT2D eigenvalue weighted by atomic mass is 9.80. The molecule has 1 saturated heterocycles. The molecule has 2 aliphatic heterocycles. The molecule has 0 N–H and O–H groups in total. The van der Waals surface area contributed by atoms with Crippen molar-refractivity contribution >= 4 is 11.7 Å². The van der Waals surface area contributed by atoms with E-state index in [2.05, 4.69) is 12.1 Å². The molecule has 0 radical (unpaired) electrons. The summed E-state index contributed by atoms with van der Waals surface area (Å²) in [6.07, 6.45) is 6.38. The molecule has 2 aromatic rings. The normalized spacial score (nSPS) is 20.3. The number of carbonyl (C=O) groups is 2. The topological polar surface area (TPSA) is 46.6 Å². The molecular weight excluding hydrogens is 350 g/mol. The summed E-state index contributed by atoms with van der Waals surface area (Å²) in [5, 5.41) is 0. The SMILES string of the molecule is O=C1CC2(CCN(C(=O)c3ccccc3)CC2)Oc2cc3c(cc21)CCCC3. The Morgan fingerprint density at radius 1 is 0.964 bits per heavy atom. The number of likely N-dealkylation sites (tertiary alicyclic amines) is 1. The number of aryl methyl sites for hydroxylation is 2. The number of piperidine rings is 1. The van der Waals surface area contributed by atoms with Crippen LogP contribution in [-0.2, 0) is 12.8 Å². The Balaban J connectivity index is 1.34. The summed E-state index contributed by atoms with van der Waals surface area (Å²) in [7, 11) is 0. The van der Waals surface area contributed by atoms with Crippen molar-refractivity contribution in [3.05, 3.63) is 64.7 Å². The van der Waals surface area contributed by atoms with Crippen molar-refractivity contribution in [1.29, 1.82) is 0 Å². The molecule has 0 saturated carbocycles. The van der Waals surface area contributed by atoms with Crippen molar-refractivity contribution in [2.75, 3.05) is 13.1 Å². The van der Waals surface area contributed by atoms with E-state index in [0.717, 1.165) is 29.7 Å². The highest BCUT2D eigenvalue weighted by atomic mass is 16.5. The summed E-state index contributed by atoms with van der Waals surface area (Å²) in [6, 6.07) is 13.6. The molecule has 5 rings (SSSR count). The largest absolute Gasteiger partial charge is 0.486 e. The Bertz CT molecular complexity index is 926. The van der Waals surface area contributed by atoms with Gasteiger partial charge in [-0.25, -0.2) is 0 Å². The van der Waals surface area contributed by atoms with Gasteiger partial charge in [0.25, 0.3) is 5.91 Å². The number of amides is 1. The van der Waals surface area contributed by atoms with Gasteiger partial charge in [-0.15, -0.1) is 0 Å². The first kappa shape index (κ1) is 17.5. The third-order valence-corrected chi connectivity index (χ3v) is 6.54. The predicted octanol–water partition coefficient (Wildman–Crippen LogP) is 4.21. The zero-order chi connectivity index (χ0) is 19.1. The number of hydrogen-bond acceptors (Lipinski definition) is 3. The van der Waals surface area contributed by atoms with Gasteiger partial charge in [0.05, 0.1) is 12.0 Å². The van der Waals surface area contributed by atoms with E-state index in [9.17, 15) is 9.59 Å². The summed E-state index contributed by atoms with van der Waals surface area (Å²) in [5.74, 6) is 1.02. The van der Waals surface area contributed by atoms with E-state index < -0.39 is 5.60 Å². The summed E-state index contributed by atoms with van der Waals surface area (Å²) >= 11 is 0. The molecule has 1 fully saturated rings. The molecule has 3 aliphatic rings. The lowest BCUT2D eigenvalue weighted by Gasteiger charge is -2.44. The number of ketones is 1. The van der Waals surface area contributed by atoms with Crippen molar-refractivity contribution in [1.82, 2.24) is 4.90 Å². The Morgan fingerprint density at radius 2 is 1.64 bits per heavy atom. The molecule has 0 unspecified atom stereocenters. The van der Waals surface area contributed by atoms with Crippen LogP contribution in [0.3, 0.4) is 0 Å². The summed E-state index contributed by atoms with van der Waals surface area (Å²) in [4.78, 5) is 27.5. The number of Topliss-reactive ketones (excluding diaryl/α,β-unsaturated/α-hetero) is 1. The molecule has 1 aliphatic carbocycles. The molecule has 144 valence electrons. The van der Waals surface area contributed by atoms with Gasteiger partial charge in [0, 0.05) is 31.5 Å². The average Bonchev–Trinajstić information content (AvgIpc) is 2.73. The van der Waals surface area contributed by atoms with Gasteiger partial charge in [0.15, 0.2) is 5.78 Å². The molecule has 28 heavy (non-hydrogen) atoms. The molecule has 4 nitrogen and oxygen atoms in total. The molecule has 2 aromatic carbocycles. The number of hydrogen-bond donors (Lipinski definition) is 0. The third kappa shape index (κ3) is 3.01. The first-order chi connectivity index (χ1) is 13.6. The van der Waals surface area contributed by atoms with E-state index in [-0.39, 0.29) is 11.7 Å².